The predicted molar refractivity (Wildman–Crippen MR) is 73.5 cm³/mol. The van der Waals surface area contributed by atoms with Crippen LogP contribution in [0.15, 0.2) is 36.8 Å². The van der Waals surface area contributed by atoms with Gasteiger partial charge in [0.05, 0.1) is 11.7 Å². The summed E-state index contributed by atoms with van der Waals surface area (Å²) in [4.78, 5) is 8.78. The molecule has 2 aromatic heterocycles. The van der Waals surface area contributed by atoms with Gasteiger partial charge in [0.15, 0.2) is 0 Å². The molecule has 0 saturated heterocycles. The molecule has 2 heterocycles. The van der Waals surface area contributed by atoms with E-state index in [0.717, 1.165) is 17.8 Å². The standard InChI is InChI=1S/C15H19N3/c1-4-17-15(13-6-5-7-16-10-13)14-12(3)8-11(2)9-18-14/h5-10,15,17H,4H2,1-3H3. The van der Waals surface area contributed by atoms with E-state index in [9.17, 15) is 0 Å². The zero-order chi connectivity index (χ0) is 13.0. The highest BCUT2D eigenvalue weighted by Gasteiger charge is 2.16. The van der Waals surface area contributed by atoms with Gasteiger partial charge in [-0.2, -0.15) is 0 Å². The Morgan fingerprint density at radius 3 is 2.72 bits per heavy atom. The highest BCUT2D eigenvalue weighted by Crippen LogP contribution is 2.22. The Hall–Kier alpha value is -1.74. The maximum Gasteiger partial charge on any atom is 0.0768 e. The minimum atomic E-state index is 0.115. The molecule has 0 fully saturated rings. The zero-order valence-electron chi connectivity index (χ0n) is 11.1. The van der Waals surface area contributed by atoms with Crippen LogP contribution in [0, 0.1) is 13.8 Å². The molecule has 0 bridgehead atoms. The van der Waals surface area contributed by atoms with Gasteiger partial charge in [0.25, 0.3) is 0 Å². The van der Waals surface area contributed by atoms with E-state index in [4.69, 9.17) is 0 Å². The minimum Gasteiger partial charge on any atom is -0.305 e. The van der Waals surface area contributed by atoms with E-state index in [1.807, 2.05) is 18.5 Å². The molecule has 18 heavy (non-hydrogen) atoms. The molecule has 1 unspecified atom stereocenters. The lowest BCUT2D eigenvalue weighted by atomic mass is 10.0. The topological polar surface area (TPSA) is 37.8 Å². The highest BCUT2D eigenvalue weighted by molar-refractivity contribution is 5.32. The quantitative estimate of drug-likeness (QED) is 0.894. The van der Waals surface area contributed by atoms with Crippen LogP contribution in [0.2, 0.25) is 0 Å². The van der Waals surface area contributed by atoms with Gasteiger partial charge in [0.2, 0.25) is 0 Å². The summed E-state index contributed by atoms with van der Waals surface area (Å²) in [6.45, 7) is 7.17. The van der Waals surface area contributed by atoms with E-state index >= 15 is 0 Å². The molecule has 0 amide bonds. The fourth-order valence-electron chi connectivity index (χ4n) is 2.15. The first-order valence-electron chi connectivity index (χ1n) is 6.28. The smallest absolute Gasteiger partial charge is 0.0768 e. The second-order valence-corrected chi connectivity index (χ2v) is 4.49. The monoisotopic (exact) mass is 241 g/mol. The van der Waals surface area contributed by atoms with E-state index in [0.29, 0.717) is 0 Å². The predicted octanol–water partition coefficient (Wildman–Crippen LogP) is 2.79. The van der Waals surface area contributed by atoms with Crippen LogP contribution in [-0.4, -0.2) is 16.5 Å². The molecule has 0 aliphatic heterocycles. The largest absolute Gasteiger partial charge is 0.305 e. The van der Waals surface area contributed by atoms with Gasteiger partial charge >= 0.3 is 0 Å². The third-order valence-electron chi connectivity index (χ3n) is 2.95. The molecule has 0 spiro atoms. The Kier molecular flexibility index (Phi) is 4.05. The number of nitrogens with one attached hydrogen (secondary N) is 1. The number of nitrogens with zero attached hydrogens (tertiary/aromatic N) is 2. The van der Waals surface area contributed by atoms with Gasteiger partial charge in [-0.3, -0.25) is 9.97 Å². The van der Waals surface area contributed by atoms with Gasteiger partial charge in [0, 0.05) is 18.6 Å². The molecule has 0 aromatic carbocycles. The summed E-state index contributed by atoms with van der Waals surface area (Å²) in [5, 5.41) is 3.47. The zero-order valence-corrected chi connectivity index (χ0v) is 11.1. The maximum atomic E-state index is 4.58. The first kappa shape index (κ1) is 12.7. The van der Waals surface area contributed by atoms with E-state index in [2.05, 4.69) is 48.2 Å². The van der Waals surface area contributed by atoms with Gasteiger partial charge in [-0.05, 0) is 43.1 Å². The van der Waals surface area contributed by atoms with Crippen LogP contribution in [0.1, 0.15) is 35.3 Å². The molecule has 0 aliphatic carbocycles. The van der Waals surface area contributed by atoms with E-state index in [-0.39, 0.29) is 6.04 Å². The summed E-state index contributed by atoms with van der Waals surface area (Å²) in [6.07, 6.45) is 5.61. The van der Waals surface area contributed by atoms with Crippen molar-refractivity contribution in [1.82, 2.24) is 15.3 Å². The van der Waals surface area contributed by atoms with Crippen LogP contribution in [0.5, 0.6) is 0 Å². The van der Waals surface area contributed by atoms with Crippen LogP contribution < -0.4 is 5.32 Å². The lowest BCUT2D eigenvalue weighted by Crippen LogP contribution is -2.24. The molecule has 1 atom stereocenters. The second-order valence-electron chi connectivity index (χ2n) is 4.49. The summed E-state index contributed by atoms with van der Waals surface area (Å²) in [5.74, 6) is 0. The van der Waals surface area contributed by atoms with Gasteiger partial charge in [-0.25, -0.2) is 0 Å². The lowest BCUT2D eigenvalue weighted by Gasteiger charge is -2.19. The fraction of sp³-hybridized carbons (Fsp3) is 0.333. The molecule has 2 rings (SSSR count). The average molecular weight is 241 g/mol. The van der Waals surface area contributed by atoms with Gasteiger partial charge in [-0.15, -0.1) is 0 Å². The lowest BCUT2D eigenvalue weighted by molar-refractivity contribution is 0.610. The molecular weight excluding hydrogens is 222 g/mol. The van der Waals surface area contributed by atoms with Crippen molar-refractivity contribution in [3.8, 4) is 0 Å². The number of hydrogen-bond acceptors (Lipinski definition) is 3. The average Bonchev–Trinajstić information content (AvgIpc) is 2.38. The van der Waals surface area contributed by atoms with Gasteiger partial charge in [0.1, 0.15) is 0 Å². The molecule has 0 saturated carbocycles. The van der Waals surface area contributed by atoms with Crippen LogP contribution >= 0.6 is 0 Å². The highest BCUT2D eigenvalue weighted by atomic mass is 14.9. The Morgan fingerprint density at radius 1 is 1.28 bits per heavy atom. The molecule has 0 aliphatic rings. The van der Waals surface area contributed by atoms with Crippen LogP contribution in [0.4, 0.5) is 0 Å². The van der Waals surface area contributed by atoms with Crippen LogP contribution in [-0.2, 0) is 0 Å². The molecule has 2 aromatic rings. The summed E-state index contributed by atoms with van der Waals surface area (Å²) in [7, 11) is 0. The summed E-state index contributed by atoms with van der Waals surface area (Å²) in [5.41, 5.74) is 4.64. The van der Waals surface area contributed by atoms with Crippen molar-refractivity contribution < 1.29 is 0 Å². The second kappa shape index (κ2) is 5.74. The Bertz CT molecular complexity index is 508. The Labute approximate surface area is 108 Å². The van der Waals surface area contributed by atoms with Crippen molar-refractivity contribution in [2.45, 2.75) is 26.8 Å². The Morgan fingerprint density at radius 2 is 2.11 bits per heavy atom. The van der Waals surface area contributed by atoms with Gasteiger partial charge in [-0.1, -0.05) is 19.1 Å². The van der Waals surface area contributed by atoms with Gasteiger partial charge < -0.3 is 5.32 Å². The first-order valence-corrected chi connectivity index (χ1v) is 6.28. The summed E-state index contributed by atoms with van der Waals surface area (Å²) in [6, 6.07) is 6.33. The SMILES string of the molecule is CCNC(c1cccnc1)c1ncc(C)cc1C. The van der Waals surface area contributed by atoms with E-state index in [1.165, 1.54) is 11.1 Å². The van der Waals surface area contributed by atoms with Crippen molar-refractivity contribution in [3.05, 3.63) is 59.2 Å². The third-order valence-corrected chi connectivity index (χ3v) is 2.95. The third kappa shape index (κ3) is 2.74. The summed E-state index contributed by atoms with van der Waals surface area (Å²) >= 11 is 0. The molecule has 3 heteroatoms. The number of aromatic nitrogens is 2. The minimum absolute atomic E-state index is 0.115. The summed E-state index contributed by atoms with van der Waals surface area (Å²) < 4.78 is 0. The van der Waals surface area contributed by atoms with Crippen molar-refractivity contribution in [2.75, 3.05) is 6.54 Å². The molecule has 0 radical (unpaired) electrons. The molecular formula is C15H19N3. The van der Waals surface area contributed by atoms with Crippen molar-refractivity contribution in [1.29, 1.82) is 0 Å². The molecule has 1 N–H and O–H groups in total. The maximum absolute atomic E-state index is 4.58. The number of aryl methyl sites for hydroxylation is 2. The van der Waals surface area contributed by atoms with Crippen molar-refractivity contribution >= 4 is 0 Å². The first-order chi connectivity index (χ1) is 8.72. The van der Waals surface area contributed by atoms with Crippen LogP contribution in [0.25, 0.3) is 0 Å². The normalized spacial score (nSPS) is 12.4. The van der Waals surface area contributed by atoms with E-state index in [1.54, 1.807) is 6.20 Å². The number of rotatable bonds is 4. The van der Waals surface area contributed by atoms with Crippen molar-refractivity contribution in [2.24, 2.45) is 0 Å². The fourth-order valence-corrected chi connectivity index (χ4v) is 2.15. The molecule has 3 nitrogen and oxygen atoms in total. The number of hydrogen-bond donors (Lipinski definition) is 1. The Balaban J connectivity index is 2.41. The van der Waals surface area contributed by atoms with Crippen LogP contribution in [0.3, 0.4) is 0 Å². The number of pyridine rings is 2. The van der Waals surface area contributed by atoms with E-state index < -0.39 is 0 Å². The molecule has 94 valence electrons. The van der Waals surface area contributed by atoms with Crippen molar-refractivity contribution in [3.63, 3.8) is 0 Å².